The second-order valence-electron chi connectivity index (χ2n) is 11.7. The molecule has 1 N–H and O–H groups in total. The Morgan fingerprint density at radius 3 is 2.39 bits per heavy atom. The van der Waals surface area contributed by atoms with E-state index in [2.05, 4.69) is 32.2 Å². The normalized spacial score (nSPS) is 13.7. The van der Waals surface area contributed by atoms with E-state index in [4.69, 9.17) is 18.9 Å². The predicted octanol–water partition coefficient (Wildman–Crippen LogP) is 4.34. The quantitative estimate of drug-likeness (QED) is 0.192. The number of hydrogen-bond acceptors (Lipinski definition) is 10. The Balaban J connectivity index is 1.13. The molecule has 49 heavy (non-hydrogen) atoms. The number of hydrogen-bond donors (Lipinski definition) is 1. The number of aromatic nitrogens is 4. The summed E-state index contributed by atoms with van der Waals surface area (Å²) in [4.78, 5) is 35.1. The molecule has 1 amide bonds. The van der Waals surface area contributed by atoms with Crippen LogP contribution < -0.4 is 30.0 Å². The Bertz CT molecular complexity index is 2000. The second kappa shape index (κ2) is 14.7. The van der Waals surface area contributed by atoms with Gasteiger partial charge >= 0.3 is 5.69 Å². The van der Waals surface area contributed by atoms with Gasteiger partial charge in [-0.25, -0.2) is 9.18 Å². The number of fused-ring (bicyclic) bond motifs is 1. The summed E-state index contributed by atoms with van der Waals surface area (Å²) in [7, 11) is 6.67. The second-order valence-corrected chi connectivity index (χ2v) is 11.7. The van der Waals surface area contributed by atoms with E-state index in [0.717, 1.165) is 54.5 Å². The van der Waals surface area contributed by atoms with Crippen molar-refractivity contribution >= 4 is 22.5 Å². The lowest BCUT2D eigenvalue weighted by Crippen LogP contribution is -2.44. The number of rotatable bonds is 12. The number of ether oxygens (including phenoxy) is 4. The van der Waals surface area contributed by atoms with Gasteiger partial charge < -0.3 is 34.1 Å². The first-order valence-corrected chi connectivity index (χ1v) is 15.8. The fraction of sp³-hybridized carbons (Fsp3) is 0.314. The maximum atomic E-state index is 15.3. The molecule has 256 valence electrons. The number of likely N-dealkylation sites (N-methyl/N-ethyl adjacent to an activating group) is 1. The van der Waals surface area contributed by atoms with E-state index in [9.17, 15) is 9.59 Å². The molecule has 14 heteroatoms. The van der Waals surface area contributed by atoms with E-state index >= 15 is 4.39 Å². The van der Waals surface area contributed by atoms with E-state index in [0.29, 0.717) is 46.2 Å². The van der Waals surface area contributed by atoms with E-state index in [1.165, 1.54) is 26.3 Å². The average molecular weight is 672 g/mol. The number of carbonyl (C=O) groups excluding carboxylic acids is 1. The molecule has 2 aromatic heterocycles. The van der Waals surface area contributed by atoms with Gasteiger partial charge in [-0.15, -0.1) is 5.10 Å². The topological polar surface area (TPSA) is 125 Å². The smallest absolute Gasteiger partial charge is 0.350 e. The third-order valence-corrected chi connectivity index (χ3v) is 8.37. The molecule has 0 unspecified atom stereocenters. The van der Waals surface area contributed by atoms with Crippen molar-refractivity contribution in [3.05, 3.63) is 89.0 Å². The molecular formula is C35H38FN7O6. The van der Waals surface area contributed by atoms with Crippen molar-refractivity contribution in [1.29, 1.82) is 0 Å². The van der Waals surface area contributed by atoms with Crippen LogP contribution in [0.25, 0.3) is 16.6 Å². The largest absolute Gasteiger partial charge is 0.497 e. The van der Waals surface area contributed by atoms with Crippen LogP contribution >= 0.6 is 0 Å². The lowest BCUT2D eigenvalue weighted by molar-refractivity contribution is 0.101. The first-order valence-electron chi connectivity index (χ1n) is 15.8. The molecule has 0 bridgehead atoms. The maximum absolute atomic E-state index is 15.3. The molecular weight excluding hydrogens is 633 g/mol. The molecule has 1 fully saturated rings. The predicted molar refractivity (Wildman–Crippen MR) is 182 cm³/mol. The number of piperazine rings is 1. The third-order valence-electron chi connectivity index (χ3n) is 8.37. The lowest BCUT2D eigenvalue weighted by atomic mass is 10.1. The van der Waals surface area contributed by atoms with Gasteiger partial charge in [0.05, 0.1) is 32.0 Å². The highest BCUT2D eigenvalue weighted by atomic mass is 19.1. The van der Waals surface area contributed by atoms with Gasteiger partial charge in [0.15, 0.2) is 23.1 Å². The summed E-state index contributed by atoms with van der Waals surface area (Å²) in [6.07, 6.45) is 2.45. The van der Waals surface area contributed by atoms with Gasteiger partial charge in [0.2, 0.25) is 5.82 Å². The van der Waals surface area contributed by atoms with Crippen molar-refractivity contribution < 1.29 is 28.1 Å². The van der Waals surface area contributed by atoms with Gasteiger partial charge in [0.1, 0.15) is 11.5 Å². The summed E-state index contributed by atoms with van der Waals surface area (Å²) in [6, 6.07) is 15.9. The van der Waals surface area contributed by atoms with Crippen LogP contribution in [0.2, 0.25) is 0 Å². The summed E-state index contributed by atoms with van der Waals surface area (Å²) in [5.74, 6) is 0.417. The highest BCUT2D eigenvalue weighted by Gasteiger charge is 2.20. The lowest BCUT2D eigenvalue weighted by Gasteiger charge is -2.32. The highest BCUT2D eigenvalue weighted by molar-refractivity contribution is 6.01. The SMILES string of the molecule is COc1ccc(-n2nc(C(=O)Nc3ccc(Oc4ccnc5cc(OCCCN6CCN(C)CC6)c(OC)cc45)c(F)c3)n(C)c2=O)cc1. The average Bonchev–Trinajstić information content (AvgIpc) is 3.41. The highest BCUT2D eigenvalue weighted by Crippen LogP contribution is 2.38. The molecule has 3 aromatic carbocycles. The molecule has 0 radical (unpaired) electrons. The van der Waals surface area contributed by atoms with Crippen molar-refractivity contribution in [3.8, 4) is 34.4 Å². The molecule has 0 atom stereocenters. The number of nitrogens with zero attached hydrogens (tertiary/aromatic N) is 6. The Kier molecular flexibility index (Phi) is 10.1. The third kappa shape index (κ3) is 7.50. The number of nitrogens with one attached hydrogen (secondary N) is 1. The molecule has 1 saturated heterocycles. The number of amides is 1. The number of halogens is 1. The van der Waals surface area contributed by atoms with Crippen LogP contribution in [-0.2, 0) is 7.05 Å². The molecule has 5 aromatic rings. The molecule has 13 nitrogen and oxygen atoms in total. The minimum Gasteiger partial charge on any atom is -0.497 e. The molecule has 0 saturated carbocycles. The monoisotopic (exact) mass is 671 g/mol. The van der Waals surface area contributed by atoms with Gasteiger partial charge in [-0.2, -0.15) is 4.68 Å². The van der Waals surface area contributed by atoms with Gasteiger partial charge in [-0.05, 0) is 62.0 Å². The minimum absolute atomic E-state index is 0.0649. The van der Waals surface area contributed by atoms with Crippen LogP contribution in [0.3, 0.4) is 0 Å². The van der Waals surface area contributed by atoms with E-state index < -0.39 is 17.4 Å². The summed E-state index contributed by atoms with van der Waals surface area (Å²) in [5.41, 5.74) is 0.675. The zero-order valence-corrected chi connectivity index (χ0v) is 27.8. The van der Waals surface area contributed by atoms with Crippen molar-refractivity contribution in [1.82, 2.24) is 29.1 Å². The first kappa shape index (κ1) is 33.4. The Labute approximate surface area is 282 Å². The Morgan fingerprint density at radius 2 is 1.67 bits per heavy atom. The molecule has 3 heterocycles. The van der Waals surface area contributed by atoms with Crippen molar-refractivity contribution in [3.63, 3.8) is 0 Å². The van der Waals surface area contributed by atoms with Crippen LogP contribution in [0.1, 0.15) is 17.0 Å². The number of anilines is 1. The van der Waals surface area contributed by atoms with Crippen LogP contribution in [0.15, 0.2) is 71.7 Å². The van der Waals surface area contributed by atoms with Crippen LogP contribution in [0.4, 0.5) is 10.1 Å². The summed E-state index contributed by atoms with van der Waals surface area (Å²) < 4.78 is 40.4. The first-order chi connectivity index (χ1) is 23.7. The van der Waals surface area contributed by atoms with Gasteiger partial charge in [0.25, 0.3) is 5.91 Å². The molecule has 6 rings (SSSR count). The van der Waals surface area contributed by atoms with Gasteiger partial charge in [0, 0.05) is 69.2 Å². The number of pyridine rings is 1. The fourth-order valence-electron chi connectivity index (χ4n) is 5.52. The standard InChI is InChI=1S/C35H38FN7O6/c1-40-15-17-42(18-16-40)14-5-19-48-32-22-28-26(21-31(32)47-4)29(12-13-37-28)49-30-11-6-23(20-27(30)36)38-34(44)33-39-43(35(45)41(33)2)24-7-9-25(46-3)10-8-24/h6-13,20-22H,5,14-19H2,1-4H3,(H,38,44). The number of methoxy groups -OCH3 is 2. The summed E-state index contributed by atoms with van der Waals surface area (Å²) in [6.45, 7) is 5.75. The number of carbonyl (C=O) groups is 1. The Hall–Kier alpha value is -5.47. The molecule has 0 spiro atoms. The van der Waals surface area contributed by atoms with Gasteiger partial charge in [-0.1, -0.05) is 0 Å². The van der Waals surface area contributed by atoms with Crippen LogP contribution in [0, 0.1) is 5.82 Å². The van der Waals surface area contributed by atoms with Crippen molar-refractivity contribution in [2.75, 3.05) is 65.9 Å². The Morgan fingerprint density at radius 1 is 0.898 bits per heavy atom. The maximum Gasteiger partial charge on any atom is 0.350 e. The van der Waals surface area contributed by atoms with Gasteiger partial charge in [-0.3, -0.25) is 14.3 Å². The van der Waals surface area contributed by atoms with Crippen molar-refractivity contribution in [2.45, 2.75) is 6.42 Å². The van der Waals surface area contributed by atoms with Crippen molar-refractivity contribution in [2.24, 2.45) is 7.05 Å². The van der Waals surface area contributed by atoms with E-state index in [1.807, 2.05) is 0 Å². The van der Waals surface area contributed by atoms with Crippen LogP contribution in [-0.4, -0.2) is 95.6 Å². The molecule has 1 aliphatic heterocycles. The zero-order valence-electron chi connectivity index (χ0n) is 27.8. The molecule has 0 aliphatic carbocycles. The summed E-state index contributed by atoms with van der Waals surface area (Å²) in [5, 5.41) is 7.39. The minimum atomic E-state index is -0.715. The van der Waals surface area contributed by atoms with E-state index in [-0.39, 0.29) is 17.3 Å². The molecule has 1 aliphatic rings. The van der Waals surface area contributed by atoms with Crippen LogP contribution in [0.5, 0.6) is 28.7 Å². The zero-order chi connectivity index (χ0) is 34.5. The fourth-order valence-corrected chi connectivity index (χ4v) is 5.52. The number of benzene rings is 3. The summed E-state index contributed by atoms with van der Waals surface area (Å²) >= 11 is 0. The van der Waals surface area contributed by atoms with E-state index in [1.54, 1.807) is 55.8 Å².